The maximum Gasteiger partial charge on any atom is 0.123 e. The Balaban J connectivity index is 1.49. The first-order valence-corrected chi connectivity index (χ1v) is 11.9. The van der Waals surface area contributed by atoms with Crippen molar-refractivity contribution < 1.29 is 9.50 Å². The van der Waals surface area contributed by atoms with Crippen LogP contribution in [0.1, 0.15) is 43.9 Å². The lowest BCUT2D eigenvalue weighted by Gasteiger charge is -2.48. The fourth-order valence-electron chi connectivity index (χ4n) is 5.23. The average molecular weight is 435 g/mol. The minimum atomic E-state index is -0.375. The topological polar surface area (TPSA) is 38.1 Å². The molecule has 5 heteroatoms. The van der Waals surface area contributed by atoms with Crippen LogP contribution in [-0.2, 0) is 6.42 Å². The van der Waals surface area contributed by atoms with Gasteiger partial charge in [0.2, 0.25) is 0 Å². The van der Waals surface area contributed by atoms with Crippen molar-refractivity contribution in [2.24, 2.45) is 5.41 Å². The summed E-state index contributed by atoms with van der Waals surface area (Å²) in [4.78, 5) is 1.29. The summed E-state index contributed by atoms with van der Waals surface area (Å²) >= 11 is 1.94. The molecule has 2 aliphatic rings. The van der Waals surface area contributed by atoms with Gasteiger partial charge >= 0.3 is 0 Å². The van der Waals surface area contributed by atoms with E-state index in [0.29, 0.717) is 5.25 Å². The van der Waals surface area contributed by atoms with Crippen LogP contribution in [0.3, 0.4) is 0 Å². The number of nitrogens with zero attached hydrogens (tertiary/aromatic N) is 2. The van der Waals surface area contributed by atoms with Crippen molar-refractivity contribution in [1.82, 2.24) is 9.78 Å². The largest absolute Gasteiger partial charge is 0.392 e. The third-order valence-corrected chi connectivity index (χ3v) is 8.09. The Labute approximate surface area is 187 Å². The van der Waals surface area contributed by atoms with Crippen molar-refractivity contribution >= 4 is 17.8 Å². The number of aliphatic hydroxyl groups excluding tert-OH is 1. The summed E-state index contributed by atoms with van der Waals surface area (Å²) in [6.45, 7) is 2.07. The molecular weight excluding hydrogens is 407 g/mol. The summed E-state index contributed by atoms with van der Waals surface area (Å²) < 4.78 is 15.3. The van der Waals surface area contributed by atoms with Gasteiger partial charge in [-0.25, -0.2) is 9.07 Å². The molecule has 1 fully saturated rings. The van der Waals surface area contributed by atoms with Crippen LogP contribution in [0.5, 0.6) is 0 Å². The molecule has 3 aromatic rings. The third kappa shape index (κ3) is 3.74. The first-order chi connectivity index (χ1) is 15.1. The van der Waals surface area contributed by atoms with E-state index in [-0.39, 0.29) is 17.3 Å². The van der Waals surface area contributed by atoms with Crippen molar-refractivity contribution in [2.45, 2.75) is 55.3 Å². The van der Waals surface area contributed by atoms with Crippen LogP contribution in [0.4, 0.5) is 4.39 Å². The van der Waals surface area contributed by atoms with E-state index < -0.39 is 0 Å². The molecule has 1 saturated carbocycles. The first-order valence-electron chi connectivity index (χ1n) is 11.0. The van der Waals surface area contributed by atoms with E-state index in [4.69, 9.17) is 0 Å². The Morgan fingerprint density at radius 3 is 2.71 bits per heavy atom. The zero-order valence-corrected chi connectivity index (χ0v) is 18.5. The Morgan fingerprint density at radius 2 is 1.97 bits per heavy atom. The third-order valence-electron chi connectivity index (χ3n) is 6.81. The molecule has 1 unspecified atom stereocenters. The minimum absolute atomic E-state index is 0.233. The maximum absolute atomic E-state index is 13.4. The van der Waals surface area contributed by atoms with E-state index in [0.717, 1.165) is 49.0 Å². The molecule has 1 N–H and O–H groups in total. The van der Waals surface area contributed by atoms with E-state index in [1.807, 2.05) is 22.6 Å². The lowest BCUT2D eigenvalue weighted by Crippen LogP contribution is -2.45. The van der Waals surface area contributed by atoms with Crippen molar-refractivity contribution in [3.8, 4) is 5.69 Å². The smallest absolute Gasteiger partial charge is 0.123 e. The van der Waals surface area contributed by atoms with Gasteiger partial charge in [-0.3, -0.25) is 0 Å². The van der Waals surface area contributed by atoms with Gasteiger partial charge in [-0.05, 0) is 80.1 Å². The molecule has 1 aromatic heterocycles. The SMILES string of the molecule is CCC(O)[C@]12Cc3cnn(-c4ccc(F)cc4)c3C=C1CC[C@@H](Sc1ccccc1)C2. The average Bonchev–Trinajstić information content (AvgIpc) is 3.20. The molecule has 0 saturated heterocycles. The molecule has 0 aliphatic heterocycles. The van der Waals surface area contributed by atoms with Crippen LogP contribution >= 0.6 is 11.8 Å². The van der Waals surface area contributed by atoms with Gasteiger partial charge in [0.05, 0.1) is 23.7 Å². The number of thioether (sulfide) groups is 1. The van der Waals surface area contributed by atoms with Gasteiger partial charge in [-0.1, -0.05) is 30.7 Å². The Bertz CT molecular complexity index is 1090. The zero-order valence-electron chi connectivity index (χ0n) is 17.7. The summed E-state index contributed by atoms with van der Waals surface area (Å²) in [5, 5.41) is 16.3. The fraction of sp³-hybridized carbons (Fsp3) is 0.346. The van der Waals surface area contributed by atoms with Gasteiger partial charge in [0.15, 0.2) is 0 Å². The van der Waals surface area contributed by atoms with Crippen molar-refractivity contribution in [3.05, 3.63) is 83.4 Å². The number of fused-ring (bicyclic) bond motifs is 2. The second kappa shape index (κ2) is 8.29. The van der Waals surface area contributed by atoms with Crippen molar-refractivity contribution in [3.63, 3.8) is 0 Å². The van der Waals surface area contributed by atoms with Crippen LogP contribution in [0, 0.1) is 11.2 Å². The highest BCUT2D eigenvalue weighted by Gasteiger charge is 2.47. The molecule has 2 aliphatic carbocycles. The van der Waals surface area contributed by atoms with E-state index in [2.05, 4.69) is 48.4 Å². The van der Waals surface area contributed by atoms with Gasteiger partial charge in [0.1, 0.15) is 5.82 Å². The first kappa shape index (κ1) is 20.5. The lowest BCUT2D eigenvalue weighted by atomic mass is 9.61. The second-order valence-corrected chi connectivity index (χ2v) is 10.0. The van der Waals surface area contributed by atoms with E-state index in [1.165, 1.54) is 22.6 Å². The summed E-state index contributed by atoms with van der Waals surface area (Å²) in [5.74, 6) is -0.248. The normalized spacial score (nSPS) is 23.6. The number of aliphatic hydroxyl groups is 1. The van der Waals surface area contributed by atoms with E-state index in [9.17, 15) is 9.50 Å². The minimum Gasteiger partial charge on any atom is -0.392 e. The number of hydrogen-bond donors (Lipinski definition) is 1. The molecule has 2 aromatic carbocycles. The number of benzene rings is 2. The summed E-state index contributed by atoms with van der Waals surface area (Å²) in [6.07, 6.45) is 8.38. The standard InChI is InChI=1S/C26H27FN2OS/c1-2-25(30)26-15-18-17-28-29(21-11-9-20(27)10-12-21)24(18)14-19(26)8-13-23(16-26)31-22-6-4-3-5-7-22/h3-7,9-12,14,17,23,25,30H,2,8,13,15-16H2,1H3/t23-,25?,26+/m1/s1. The molecule has 1 heterocycles. The Kier molecular flexibility index (Phi) is 5.49. The molecule has 160 valence electrons. The summed E-state index contributed by atoms with van der Waals surface area (Å²) in [7, 11) is 0. The highest BCUT2D eigenvalue weighted by atomic mass is 32.2. The van der Waals surface area contributed by atoms with Gasteiger partial charge in [0, 0.05) is 15.6 Å². The highest BCUT2D eigenvalue weighted by Crippen LogP contribution is 2.53. The summed E-state index contributed by atoms with van der Waals surface area (Å²) in [5.41, 5.74) is 4.18. The molecule has 0 amide bonds. The quantitative estimate of drug-likeness (QED) is 0.531. The van der Waals surface area contributed by atoms with Crippen LogP contribution < -0.4 is 0 Å². The number of halogens is 1. The Hall–Kier alpha value is -2.37. The molecule has 0 bridgehead atoms. The number of hydrogen-bond acceptors (Lipinski definition) is 3. The zero-order chi connectivity index (χ0) is 21.4. The van der Waals surface area contributed by atoms with Gasteiger partial charge in [-0.15, -0.1) is 11.8 Å². The van der Waals surface area contributed by atoms with Gasteiger partial charge in [-0.2, -0.15) is 5.10 Å². The summed E-state index contributed by atoms with van der Waals surface area (Å²) in [6, 6.07) is 17.0. The molecule has 0 spiro atoms. The molecule has 5 rings (SSSR count). The van der Waals surface area contributed by atoms with Crippen molar-refractivity contribution in [1.29, 1.82) is 0 Å². The van der Waals surface area contributed by atoms with E-state index in [1.54, 1.807) is 12.1 Å². The molecule has 3 nitrogen and oxygen atoms in total. The lowest BCUT2D eigenvalue weighted by molar-refractivity contribution is 0.0305. The molecule has 3 atom stereocenters. The highest BCUT2D eigenvalue weighted by molar-refractivity contribution is 8.00. The predicted octanol–water partition coefficient (Wildman–Crippen LogP) is 6.05. The van der Waals surface area contributed by atoms with Crippen LogP contribution in [-0.4, -0.2) is 26.2 Å². The van der Waals surface area contributed by atoms with Crippen LogP contribution in [0.25, 0.3) is 11.8 Å². The van der Waals surface area contributed by atoms with Crippen LogP contribution in [0.15, 0.2) is 71.3 Å². The monoisotopic (exact) mass is 434 g/mol. The van der Waals surface area contributed by atoms with E-state index >= 15 is 0 Å². The predicted molar refractivity (Wildman–Crippen MR) is 124 cm³/mol. The van der Waals surface area contributed by atoms with Crippen LogP contribution in [0.2, 0.25) is 0 Å². The second-order valence-electron chi connectivity index (χ2n) is 8.67. The fourth-order valence-corrected chi connectivity index (χ4v) is 6.55. The van der Waals surface area contributed by atoms with Gasteiger partial charge < -0.3 is 5.11 Å². The molecular formula is C26H27FN2OS. The Morgan fingerprint density at radius 1 is 1.19 bits per heavy atom. The number of rotatable bonds is 5. The molecule has 0 radical (unpaired) electrons. The molecule has 31 heavy (non-hydrogen) atoms. The maximum atomic E-state index is 13.4. The van der Waals surface area contributed by atoms with Crippen molar-refractivity contribution in [2.75, 3.05) is 0 Å². The van der Waals surface area contributed by atoms with Gasteiger partial charge in [0.25, 0.3) is 0 Å². The number of aromatic nitrogens is 2.